The molecule has 2 rings (SSSR count). The van der Waals surface area contributed by atoms with Crippen LogP contribution >= 0.6 is 0 Å². The molecule has 2 N–H and O–H groups in total. The fourth-order valence-electron chi connectivity index (χ4n) is 2.52. The normalized spacial score (nSPS) is 30.7. The maximum absolute atomic E-state index is 12.2. The van der Waals surface area contributed by atoms with Gasteiger partial charge >= 0.3 is 0 Å². The van der Waals surface area contributed by atoms with E-state index in [1.807, 2.05) is 17.0 Å². The lowest BCUT2D eigenvalue weighted by Crippen LogP contribution is -2.51. The van der Waals surface area contributed by atoms with Crippen molar-refractivity contribution in [2.24, 2.45) is 5.41 Å². The number of piperidine rings is 1. The van der Waals surface area contributed by atoms with Crippen LogP contribution in [-0.2, 0) is 4.79 Å². The largest absolute Gasteiger partial charge is 0.341 e. The van der Waals surface area contributed by atoms with E-state index < -0.39 is 0 Å². The SMILES string of the molecule is CN1CC(C(=O)N2CCCC(C)(C)C2)NN1. The molecule has 2 fully saturated rings. The fraction of sp³-hybridized carbons (Fsp3) is 0.909. The third-order valence-electron chi connectivity index (χ3n) is 3.40. The van der Waals surface area contributed by atoms with Crippen molar-refractivity contribution in [3.63, 3.8) is 0 Å². The van der Waals surface area contributed by atoms with Crippen molar-refractivity contribution >= 4 is 5.91 Å². The van der Waals surface area contributed by atoms with Crippen LogP contribution in [0, 0.1) is 5.41 Å². The molecule has 0 saturated carbocycles. The molecule has 0 aromatic rings. The maximum atomic E-state index is 12.2. The minimum atomic E-state index is -0.0982. The Morgan fingerprint density at radius 1 is 1.44 bits per heavy atom. The number of carbonyl (C=O) groups is 1. The van der Waals surface area contributed by atoms with Gasteiger partial charge in [0, 0.05) is 26.7 Å². The number of nitrogens with one attached hydrogen (secondary N) is 2. The predicted octanol–water partition coefficient (Wildman–Crippen LogP) is -0.0418. The van der Waals surface area contributed by atoms with Gasteiger partial charge in [0.25, 0.3) is 0 Å². The van der Waals surface area contributed by atoms with E-state index in [2.05, 4.69) is 24.8 Å². The van der Waals surface area contributed by atoms with Gasteiger partial charge in [0.1, 0.15) is 6.04 Å². The molecule has 0 aromatic carbocycles. The average Bonchev–Trinajstić information content (AvgIpc) is 2.62. The highest BCUT2D eigenvalue weighted by Gasteiger charge is 2.34. The summed E-state index contributed by atoms with van der Waals surface area (Å²) < 4.78 is 0. The van der Waals surface area contributed by atoms with Gasteiger partial charge in [-0.3, -0.25) is 4.79 Å². The lowest BCUT2D eigenvalue weighted by atomic mass is 9.84. The molecular weight excluding hydrogens is 204 g/mol. The van der Waals surface area contributed by atoms with Crippen molar-refractivity contribution in [2.75, 3.05) is 26.7 Å². The number of hydrogen-bond acceptors (Lipinski definition) is 4. The summed E-state index contributed by atoms with van der Waals surface area (Å²) in [6.45, 7) is 6.99. The number of hydrazine groups is 2. The number of nitrogens with zero attached hydrogens (tertiary/aromatic N) is 2. The summed E-state index contributed by atoms with van der Waals surface area (Å²) >= 11 is 0. The standard InChI is InChI=1S/C11H22N4O/c1-11(2)5-4-6-15(8-11)10(16)9-7-14(3)13-12-9/h9,12-13H,4-8H2,1-3H3. The number of amides is 1. The molecule has 0 aromatic heterocycles. The Morgan fingerprint density at radius 3 is 2.75 bits per heavy atom. The van der Waals surface area contributed by atoms with Crippen molar-refractivity contribution in [2.45, 2.75) is 32.7 Å². The number of likely N-dealkylation sites (tertiary alicyclic amines) is 1. The summed E-state index contributed by atoms with van der Waals surface area (Å²) in [6, 6.07) is -0.0982. The molecule has 5 heteroatoms. The van der Waals surface area contributed by atoms with E-state index in [1.54, 1.807) is 0 Å². The third-order valence-corrected chi connectivity index (χ3v) is 3.40. The van der Waals surface area contributed by atoms with Crippen LogP contribution in [0.4, 0.5) is 0 Å². The van der Waals surface area contributed by atoms with Gasteiger partial charge in [-0.25, -0.2) is 10.4 Å². The molecule has 2 heterocycles. The van der Waals surface area contributed by atoms with E-state index in [4.69, 9.17) is 0 Å². The van der Waals surface area contributed by atoms with E-state index in [-0.39, 0.29) is 17.4 Å². The molecule has 0 radical (unpaired) electrons. The highest BCUT2D eigenvalue weighted by Crippen LogP contribution is 2.28. The molecule has 0 bridgehead atoms. The second-order valence-corrected chi connectivity index (χ2v) is 5.72. The van der Waals surface area contributed by atoms with Gasteiger partial charge in [-0.15, -0.1) is 0 Å². The van der Waals surface area contributed by atoms with Gasteiger partial charge < -0.3 is 4.90 Å². The van der Waals surface area contributed by atoms with E-state index in [9.17, 15) is 4.79 Å². The quantitative estimate of drug-likeness (QED) is 0.658. The highest BCUT2D eigenvalue weighted by molar-refractivity contribution is 5.82. The van der Waals surface area contributed by atoms with Gasteiger partial charge in [-0.1, -0.05) is 13.8 Å². The second-order valence-electron chi connectivity index (χ2n) is 5.72. The van der Waals surface area contributed by atoms with Gasteiger partial charge in [0.15, 0.2) is 0 Å². The molecule has 5 nitrogen and oxygen atoms in total. The predicted molar refractivity (Wildman–Crippen MR) is 62.3 cm³/mol. The average molecular weight is 226 g/mol. The summed E-state index contributed by atoms with van der Waals surface area (Å²) in [5, 5.41) is 1.90. The van der Waals surface area contributed by atoms with Crippen LogP contribution in [0.15, 0.2) is 0 Å². The highest BCUT2D eigenvalue weighted by atomic mass is 16.2. The number of likely N-dealkylation sites (N-methyl/N-ethyl adjacent to an activating group) is 1. The Balaban J connectivity index is 1.94. The van der Waals surface area contributed by atoms with Crippen molar-refractivity contribution < 1.29 is 4.79 Å². The molecule has 2 aliphatic rings. The molecule has 2 aliphatic heterocycles. The summed E-state index contributed by atoms with van der Waals surface area (Å²) in [4.78, 5) is 14.2. The van der Waals surface area contributed by atoms with Crippen molar-refractivity contribution in [1.29, 1.82) is 0 Å². The van der Waals surface area contributed by atoms with E-state index in [0.717, 1.165) is 26.1 Å². The van der Waals surface area contributed by atoms with E-state index >= 15 is 0 Å². The smallest absolute Gasteiger partial charge is 0.242 e. The molecule has 0 aliphatic carbocycles. The zero-order valence-corrected chi connectivity index (χ0v) is 10.4. The topological polar surface area (TPSA) is 47.6 Å². The first-order valence-electron chi connectivity index (χ1n) is 5.99. The first-order chi connectivity index (χ1) is 7.48. The van der Waals surface area contributed by atoms with Crippen LogP contribution < -0.4 is 11.0 Å². The summed E-state index contributed by atoms with van der Waals surface area (Å²) in [7, 11) is 1.93. The Kier molecular flexibility index (Phi) is 3.19. The monoisotopic (exact) mass is 226 g/mol. The first-order valence-corrected chi connectivity index (χ1v) is 5.99. The van der Waals surface area contributed by atoms with Crippen molar-refractivity contribution in [3.05, 3.63) is 0 Å². The molecule has 1 atom stereocenters. The van der Waals surface area contributed by atoms with Gasteiger partial charge in [0.05, 0.1) is 0 Å². The van der Waals surface area contributed by atoms with Crippen molar-refractivity contribution in [1.82, 2.24) is 20.9 Å². The molecular formula is C11H22N4O. The lowest BCUT2D eigenvalue weighted by Gasteiger charge is -2.38. The van der Waals surface area contributed by atoms with Crippen LogP contribution in [0.2, 0.25) is 0 Å². The molecule has 1 amide bonds. The number of hydrogen-bond donors (Lipinski definition) is 2. The summed E-state index contributed by atoms with van der Waals surface area (Å²) in [5.74, 6) is 0.227. The minimum absolute atomic E-state index is 0.0982. The Labute approximate surface area is 97.1 Å². The maximum Gasteiger partial charge on any atom is 0.242 e. The Hall–Kier alpha value is -0.650. The molecule has 16 heavy (non-hydrogen) atoms. The second kappa shape index (κ2) is 4.31. The van der Waals surface area contributed by atoms with Crippen LogP contribution in [0.5, 0.6) is 0 Å². The molecule has 2 saturated heterocycles. The van der Waals surface area contributed by atoms with Crippen LogP contribution in [0.1, 0.15) is 26.7 Å². The first kappa shape index (κ1) is 11.8. The molecule has 0 spiro atoms. The Morgan fingerprint density at radius 2 is 2.19 bits per heavy atom. The number of rotatable bonds is 1. The zero-order valence-electron chi connectivity index (χ0n) is 10.4. The summed E-state index contributed by atoms with van der Waals surface area (Å²) in [5.41, 5.74) is 6.23. The summed E-state index contributed by atoms with van der Waals surface area (Å²) in [6.07, 6.45) is 2.34. The minimum Gasteiger partial charge on any atom is -0.341 e. The third kappa shape index (κ3) is 2.53. The van der Waals surface area contributed by atoms with Gasteiger partial charge in [-0.2, -0.15) is 5.53 Å². The Bertz CT molecular complexity index is 279. The van der Waals surface area contributed by atoms with E-state index in [1.165, 1.54) is 6.42 Å². The van der Waals surface area contributed by atoms with Crippen LogP contribution in [0.25, 0.3) is 0 Å². The molecule has 92 valence electrons. The van der Waals surface area contributed by atoms with Gasteiger partial charge in [0.2, 0.25) is 5.91 Å². The van der Waals surface area contributed by atoms with E-state index in [0.29, 0.717) is 0 Å². The van der Waals surface area contributed by atoms with Crippen LogP contribution in [-0.4, -0.2) is 48.5 Å². The lowest BCUT2D eigenvalue weighted by molar-refractivity contribution is -0.136. The number of carbonyl (C=O) groups excluding carboxylic acids is 1. The van der Waals surface area contributed by atoms with Crippen LogP contribution in [0.3, 0.4) is 0 Å². The van der Waals surface area contributed by atoms with Gasteiger partial charge in [-0.05, 0) is 18.3 Å². The fourth-order valence-corrected chi connectivity index (χ4v) is 2.52. The molecule has 1 unspecified atom stereocenters. The zero-order chi connectivity index (χ0) is 11.8. The van der Waals surface area contributed by atoms with Crippen molar-refractivity contribution in [3.8, 4) is 0 Å².